The molecule has 5 aromatic rings. The van der Waals surface area contributed by atoms with Gasteiger partial charge in [0, 0.05) is 48.5 Å². The van der Waals surface area contributed by atoms with E-state index in [1.807, 2.05) is 59.4 Å². The number of aryl methyl sites for hydroxylation is 1. The number of aromatic nitrogens is 5. The zero-order valence-electron chi connectivity index (χ0n) is 24.6. The molecular formula is C33H33ClN6O4. The molecule has 0 saturated heterocycles. The summed E-state index contributed by atoms with van der Waals surface area (Å²) >= 11 is 6.17. The summed E-state index contributed by atoms with van der Waals surface area (Å²) in [5.74, 6) is 1.80. The summed E-state index contributed by atoms with van der Waals surface area (Å²) in [4.78, 5) is 8.99. The molecule has 11 heteroatoms. The van der Waals surface area contributed by atoms with Crippen LogP contribution in [0.5, 0.6) is 11.5 Å². The molecule has 1 aliphatic rings. The summed E-state index contributed by atoms with van der Waals surface area (Å²) in [6.07, 6.45) is 7.56. The standard InChI is InChI=1S/C33H33ClN6O4/c1-41-12-14-43-31-18-28-29(19-32(31)44-15-13-42-2)35-21-36-33(28)37-26-5-3-4-24(17-26)30-20-40(39-38-30)11-10-22-6-7-23-16-25(34)8-9-27(22)23/h3-6,8-9,16-21H,7,10-15H2,1-2H3,(H,35,36,37). The van der Waals surface area contributed by atoms with Crippen LogP contribution in [0.15, 0.2) is 73.2 Å². The Kier molecular flexibility index (Phi) is 9.31. The molecule has 1 aliphatic carbocycles. The van der Waals surface area contributed by atoms with Crippen molar-refractivity contribution in [3.63, 3.8) is 0 Å². The van der Waals surface area contributed by atoms with Crippen molar-refractivity contribution in [1.29, 1.82) is 0 Å². The molecule has 226 valence electrons. The second-order valence-corrected chi connectivity index (χ2v) is 10.7. The highest BCUT2D eigenvalue weighted by Gasteiger charge is 2.16. The average Bonchev–Trinajstić information content (AvgIpc) is 3.68. The predicted octanol–water partition coefficient (Wildman–Crippen LogP) is 6.37. The van der Waals surface area contributed by atoms with Gasteiger partial charge < -0.3 is 24.3 Å². The van der Waals surface area contributed by atoms with Crippen molar-refractivity contribution in [3.8, 4) is 22.8 Å². The predicted molar refractivity (Wildman–Crippen MR) is 171 cm³/mol. The topological polar surface area (TPSA) is 105 Å². The van der Waals surface area contributed by atoms with Gasteiger partial charge in [-0.3, -0.25) is 4.68 Å². The van der Waals surface area contributed by atoms with E-state index in [9.17, 15) is 0 Å². The summed E-state index contributed by atoms with van der Waals surface area (Å²) in [5, 5.41) is 13.8. The Hall–Kier alpha value is -4.51. The van der Waals surface area contributed by atoms with Crippen molar-refractivity contribution in [2.24, 2.45) is 0 Å². The number of halogens is 1. The monoisotopic (exact) mass is 612 g/mol. The molecule has 0 aliphatic heterocycles. The Labute approximate surface area is 260 Å². The number of nitrogens with one attached hydrogen (secondary N) is 1. The fourth-order valence-corrected chi connectivity index (χ4v) is 5.35. The number of hydrogen-bond acceptors (Lipinski definition) is 9. The Bertz CT molecular complexity index is 1790. The van der Waals surface area contributed by atoms with Gasteiger partial charge in [-0.25, -0.2) is 9.97 Å². The van der Waals surface area contributed by atoms with E-state index in [2.05, 4.69) is 37.7 Å². The van der Waals surface area contributed by atoms with Crippen molar-refractivity contribution in [1.82, 2.24) is 25.0 Å². The molecule has 2 aromatic heterocycles. The lowest BCUT2D eigenvalue weighted by molar-refractivity contribution is 0.132. The normalized spacial score (nSPS) is 12.3. The number of fused-ring (bicyclic) bond motifs is 2. The lowest BCUT2D eigenvalue weighted by atomic mass is 10.0. The Morgan fingerprint density at radius 1 is 0.909 bits per heavy atom. The van der Waals surface area contributed by atoms with E-state index in [1.165, 1.54) is 23.0 Å². The van der Waals surface area contributed by atoms with Crippen molar-refractivity contribution in [2.75, 3.05) is 46.0 Å². The zero-order valence-corrected chi connectivity index (χ0v) is 25.4. The van der Waals surface area contributed by atoms with Gasteiger partial charge in [-0.2, -0.15) is 0 Å². The lowest BCUT2D eigenvalue weighted by Crippen LogP contribution is -2.09. The van der Waals surface area contributed by atoms with Gasteiger partial charge >= 0.3 is 0 Å². The van der Waals surface area contributed by atoms with Crippen LogP contribution in [0.2, 0.25) is 5.02 Å². The fourth-order valence-electron chi connectivity index (χ4n) is 5.15. The second kappa shape index (κ2) is 13.9. The van der Waals surface area contributed by atoms with Gasteiger partial charge in [-0.05, 0) is 59.9 Å². The van der Waals surface area contributed by atoms with Crippen LogP contribution in [-0.2, 0) is 22.4 Å². The van der Waals surface area contributed by atoms with Crippen LogP contribution in [0.25, 0.3) is 27.7 Å². The van der Waals surface area contributed by atoms with E-state index >= 15 is 0 Å². The molecule has 3 aromatic carbocycles. The summed E-state index contributed by atoms with van der Waals surface area (Å²) in [7, 11) is 3.27. The molecule has 0 bridgehead atoms. The second-order valence-electron chi connectivity index (χ2n) is 10.3. The maximum absolute atomic E-state index is 6.17. The van der Waals surface area contributed by atoms with E-state index in [4.69, 9.17) is 30.5 Å². The minimum Gasteiger partial charge on any atom is -0.487 e. The third-order valence-corrected chi connectivity index (χ3v) is 7.58. The van der Waals surface area contributed by atoms with E-state index in [1.54, 1.807) is 14.2 Å². The highest BCUT2D eigenvalue weighted by atomic mass is 35.5. The SMILES string of the molecule is COCCOc1cc2ncnc(Nc3cccc(-c4cn(CCC5=CCc6cc(Cl)ccc65)nn4)c3)c2cc1OCCOC. The first-order valence-corrected chi connectivity index (χ1v) is 14.8. The number of nitrogens with zero attached hydrogens (tertiary/aromatic N) is 5. The molecule has 0 radical (unpaired) electrons. The van der Waals surface area contributed by atoms with Crippen molar-refractivity contribution < 1.29 is 18.9 Å². The third-order valence-electron chi connectivity index (χ3n) is 7.34. The van der Waals surface area contributed by atoms with E-state index in [0.29, 0.717) is 43.7 Å². The van der Waals surface area contributed by atoms with Gasteiger partial charge in [0.2, 0.25) is 0 Å². The van der Waals surface area contributed by atoms with E-state index in [0.717, 1.165) is 52.3 Å². The summed E-state index contributed by atoms with van der Waals surface area (Å²) < 4.78 is 24.1. The molecule has 10 nitrogen and oxygen atoms in total. The summed E-state index contributed by atoms with van der Waals surface area (Å²) in [6, 6.07) is 17.8. The first-order chi connectivity index (χ1) is 21.6. The molecule has 0 saturated carbocycles. The summed E-state index contributed by atoms with van der Waals surface area (Å²) in [5.41, 5.74) is 7.17. The largest absolute Gasteiger partial charge is 0.487 e. The van der Waals surface area contributed by atoms with Crippen molar-refractivity contribution in [2.45, 2.75) is 19.4 Å². The molecule has 44 heavy (non-hydrogen) atoms. The van der Waals surface area contributed by atoms with Crippen LogP contribution >= 0.6 is 11.6 Å². The Morgan fingerprint density at radius 2 is 1.73 bits per heavy atom. The van der Waals surface area contributed by atoms with Crippen LogP contribution in [0.4, 0.5) is 11.5 Å². The van der Waals surface area contributed by atoms with E-state index < -0.39 is 0 Å². The molecule has 6 rings (SSSR count). The van der Waals surface area contributed by atoms with Crippen LogP contribution in [0.1, 0.15) is 17.5 Å². The first kappa shape index (κ1) is 29.6. The average molecular weight is 613 g/mol. The number of hydrogen-bond donors (Lipinski definition) is 1. The zero-order chi connectivity index (χ0) is 30.3. The molecule has 0 amide bonds. The van der Waals surface area contributed by atoms with Crippen molar-refractivity contribution in [3.05, 3.63) is 89.3 Å². The number of rotatable bonds is 14. The fraction of sp³-hybridized carbons (Fsp3) is 0.273. The van der Waals surface area contributed by atoms with Crippen LogP contribution in [0.3, 0.4) is 0 Å². The number of benzene rings is 3. The maximum Gasteiger partial charge on any atom is 0.163 e. The maximum atomic E-state index is 6.17. The quantitative estimate of drug-likeness (QED) is 0.143. The molecular weight excluding hydrogens is 580 g/mol. The molecule has 0 atom stereocenters. The van der Waals surface area contributed by atoms with E-state index in [-0.39, 0.29) is 0 Å². The van der Waals surface area contributed by atoms with Crippen LogP contribution in [-0.4, -0.2) is 65.6 Å². The van der Waals surface area contributed by atoms with Gasteiger partial charge in [-0.1, -0.05) is 41.1 Å². The van der Waals surface area contributed by atoms with Crippen molar-refractivity contribution >= 4 is 39.6 Å². The number of anilines is 2. The highest BCUT2D eigenvalue weighted by Crippen LogP contribution is 2.36. The van der Waals surface area contributed by atoms with Gasteiger partial charge in [-0.15, -0.1) is 5.10 Å². The molecule has 0 spiro atoms. The van der Waals surface area contributed by atoms with Gasteiger partial charge in [0.05, 0.1) is 24.9 Å². The van der Waals surface area contributed by atoms with Gasteiger partial charge in [0.1, 0.15) is 31.1 Å². The number of allylic oxidation sites excluding steroid dienone is 2. The Balaban J connectivity index is 1.18. The first-order valence-electron chi connectivity index (χ1n) is 14.4. The molecule has 0 fully saturated rings. The molecule has 2 heterocycles. The van der Waals surface area contributed by atoms with Gasteiger partial charge in [0.25, 0.3) is 0 Å². The highest BCUT2D eigenvalue weighted by molar-refractivity contribution is 6.30. The lowest BCUT2D eigenvalue weighted by Gasteiger charge is -2.15. The molecule has 0 unspecified atom stereocenters. The van der Waals surface area contributed by atoms with Crippen LogP contribution < -0.4 is 14.8 Å². The molecule has 1 N–H and O–H groups in total. The van der Waals surface area contributed by atoms with Crippen LogP contribution in [0, 0.1) is 0 Å². The summed E-state index contributed by atoms with van der Waals surface area (Å²) in [6.45, 7) is 2.40. The van der Waals surface area contributed by atoms with Gasteiger partial charge in [0.15, 0.2) is 11.5 Å². The Morgan fingerprint density at radius 3 is 2.55 bits per heavy atom. The minimum atomic E-state index is 0.377. The number of ether oxygens (including phenoxy) is 4. The smallest absolute Gasteiger partial charge is 0.163 e. The number of methoxy groups -OCH3 is 2. The third kappa shape index (κ3) is 6.83. The minimum absolute atomic E-state index is 0.377.